The summed E-state index contributed by atoms with van der Waals surface area (Å²) in [5.74, 6) is 1.53. The number of halogens is 1. The van der Waals surface area contributed by atoms with Crippen LogP contribution >= 0.6 is 23.7 Å². The van der Waals surface area contributed by atoms with Gasteiger partial charge in [0.1, 0.15) is 11.5 Å². The largest absolute Gasteiger partial charge is 0.497 e. The first-order valence-electron chi connectivity index (χ1n) is 12.5. The second-order valence-corrected chi connectivity index (χ2v) is 9.68. The average Bonchev–Trinajstić information content (AvgIpc) is 3.32. The molecule has 4 rings (SSSR count). The van der Waals surface area contributed by atoms with Gasteiger partial charge in [0.05, 0.1) is 37.1 Å². The van der Waals surface area contributed by atoms with Crippen molar-refractivity contribution in [2.45, 2.75) is 32.6 Å². The van der Waals surface area contributed by atoms with Crippen LogP contribution in [0.3, 0.4) is 0 Å². The number of ether oxygens (including phenoxy) is 3. The minimum absolute atomic E-state index is 0. The molecule has 9 heteroatoms. The molecule has 0 aliphatic carbocycles. The van der Waals surface area contributed by atoms with Crippen LogP contribution in [-0.2, 0) is 4.74 Å². The summed E-state index contributed by atoms with van der Waals surface area (Å²) in [5, 5.41) is 0.708. The van der Waals surface area contributed by atoms with Crippen LogP contribution in [0.15, 0.2) is 42.5 Å². The van der Waals surface area contributed by atoms with E-state index in [1.807, 2.05) is 47.4 Å². The minimum atomic E-state index is -0.0458. The molecule has 1 aliphatic rings. The van der Waals surface area contributed by atoms with Crippen molar-refractivity contribution in [3.63, 3.8) is 0 Å². The predicted molar refractivity (Wildman–Crippen MR) is 148 cm³/mol. The van der Waals surface area contributed by atoms with Gasteiger partial charge in [-0.05, 0) is 55.3 Å². The Morgan fingerprint density at radius 2 is 1.83 bits per heavy atom. The van der Waals surface area contributed by atoms with E-state index >= 15 is 0 Å². The van der Waals surface area contributed by atoms with E-state index in [0.717, 1.165) is 80.2 Å². The number of rotatable bonds is 12. The van der Waals surface area contributed by atoms with E-state index in [-0.39, 0.29) is 18.3 Å². The molecule has 1 aromatic heterocycles. The van der Waals surface area contributed by atoms with Crippen molar-refractivity contribution in [1.29, 1.82) is 0 Å². The topological polar surface area (TPSA) is 64.1 Å². The molecule has 1 aliphatic heterocycles. The number of anilines is 1. The Labute approximate surface area is 223 Å². The van der Waals surface area contributed by atoms with Crippen molar-refractivity contribution in [1.82, 2.24) is 9.88 Å². The summed E-state index contributed by atoms with van der Waals surface area (Å²) in [4.78, 5) is 22.6. The summed E-state index contributed by atoms with van der Waals surface area (Å²) in [6.45, 7) is 7.82. The van der Waals surface area contributed by atoms with Crippen LogP contribution in [0.25, 0.3) is 10.2 Å². The number of amides is 1. The molecule has 3 aromatic rings. The van der Waals surface area contributed by atoms with Crippen molar-refractivity contribution in [3.8, 4) is 11.5 Å². The first kappa shape index (κ1) is 28.2. The molecule has 0 atom stereocenters. The molecule has 0 spiro atoms. The number of thiazole rings is 1. The number of morpholine rings is 1. The summed E-state index contributed by atoms with van der Waals surface area (Å²) >= 11 is 1.52. The lowest BCUT2D eigenvalue weighted by molar-refractivity contribution is 0.0376. The van der Waals surface area contributed by atoms with Gasteiger partial charge in [-0.1, -0.05) is 31.1 Å². The van der Waals surface area contributed by atoms with Crippen LogP contribution in [0.1, 0.15) is 43.0 Å². The Kier molecular flexibility index (Phi) is 11.3. The molecular weight excluding hydrogens is 498 g/mol. The lowest BCUT2D eigenvalue weighted by Crippen LogP contribution is -2.39. The molecule has 0 radical (unpaired) electrons. The molecule has 1 saturated heterocycles. The molecule has 0 bridgehead atoms. The second kappa shape index (κ2) is 14.4. The molecule has 2 heterocycles. The number of fused-ring (bicyclic) bond motifs is 1. The highest BCUT2D eigenvalue weighted by molar-refractivity contribution is 7.22. The molecule has 36 heavy (non-hydrogen) atoms. The van der Waals surface area contributed by atoms with Gasteiger partial charge in [-0.25, -0.2) is 4.98 Å². The Morgan fingerprint density at radius 1 is 1.08 bits per heavy atom. The normalized spacial score (nSPS) is 13.8. The lowest BCUT2D eigenvalue weighted by atomic mass is 10.2. The van der Waals surface area contributed by atoms with Gasteiger partial charge in [-0.15, -0.1) is 12.4 Å². The number of unbranched alkanes of at least 4 members (excludes halogenated alkanes) is 2. The van der Waals surface area contributed by atoms with Gasteiger partial charge in [0, 0.05) is 31.7 Å². The highest BCUT2D eigenvalue weighted by atomic mass is 35.5. The number of aromatic nitrogens is 1. The van der Waals surface area contributed by atoms with E-state index in [0.29, 0.717) is 23.8 Å². The van der Waals surface area contributed by atoms with Gasteiger partial charge in [0.2, 0.25) is 0 Å². The zero-order chi connectivity index (χ0) is 24.5. The van der Waals surface area contributed by atoms with Crippen molar-refractivity contribution < 1.29 is 19.0 Å². The number of nitrogens with zero attached hydrogens (tertiary/aromatic N) is 3. The molecule has 1 amide bonds. The fourth-order valence-electron chi connectivity index (χ4n) is 4.09. The SMILES string of the molecule is CCCCCOc1ccc(C(=O)N(CCCN2CCOCC2)c2nc3ccc(OC)cc3s2)cc1.Cl. The highest BCUT2D eigenvalue weighted by Crippen LogP contribution is 2.32. The number of hydrogen-bond donors (Lipinski definition) is 0. The zero-order valence-electron chi connectivity index (χ0n) is 21.1. The quantitative estimate of drug-likeness (QED) is 0.280. The van der Waals surface area contributed by atoms with Crippen LogP contribution in [0.2, 0.25) is 0 Å². The number of methoxy groups -OCH3 is 1. The fourth-order valence-corrected chi connectivity index (χ4v) is 5.11. The van der Waals surface area contributed by atoms with Gasteiger partial charge in [-0.3, -0.25) is 14.6 Å². The van der Waals surface area contributed by atoms with Crippen molar-refractivity contribution in [2.24, 2.45) is 0 Å². The van der Waals surface area contributed by atoms with Crippen LogP contribution in [0.5, 0.6) is 11.5 Å². The van der Waals surface area contributed by atoms with Crippen molar-refractivity contribution in [3.05, 3.63) is 48.0 Å². The number of benzene rings is 2. The molecule has 7 nitrogen and oxygen atoms in total. The van der Waals surface area contributed by atoms with Crippen molar-refractivity contribution in [2.75, 3.05) is 58.0 Å². The first-order chi connectivity index (χ1) is 17.2. The Balaban J connectivity index is 0.00000361. The van der Waals surface area contributed by atoms with E-state index in [1.54, 1.807) is 7.11 Å². The smallest absolute Gasteiger partial charge is 0.260 e. The maximum absolute atomic E-state index is 13.6. The maximum Gasteiger partial charge on any atom is 0.260 e. The van der Waals surface area contributed by atoms with Crippen LogP contribution in [0, 0.1) is 0 Å². The summed E-state index contributed by atoms with van der Waals surface area (Å²) in [6, 6.07) is 13.3. The van der Waals surface area contributed by atoms with Gasteiger partial charge < -0.3 is 14.2 Å². The maximum atomic E-state index is 13.6. The third-order valence-corrected chi connectivity index (χ3v) is 7.18. The summed E-state index contributed by atoms with van der Waals surface area (Å²) < 4.78 is 17.6. The molecule has 0 saturated carbocycles. The van der Waals surface area contributed by atoms with E-state index in [4.69, 9.17) is 19.2 Å². The number of carbonyl (C=O) groups is 1. The molecule has 0 N–H and O–H groups in total. The van der Waals surface area contributed by atoms with E-state index in [9.17, 15) is 4.79 Å². The van der Waals surface area contributed by atoms with Gasteiger partial charge in [0.15, 0.2) is 5.13 Å². The van der Waals surface area contributed by atoms with Crippen molar-refractivity contribution >= 4 is 45.0 Å². The van der Waals surface area contributed by atoms with E-state index in [2.05, 4.69) is 11.8 Å². The summed E-state index contributed by atoms with van der Waals surface area (Å²) in [5.41, 5.74) is 1.50. The van der Waals surface area contributed by atoms with Gasteiger partial charge >= 0.3 is 0 Å². The standard InChI is InChI=1S/C27H35N3O4S.ClH/c1-3-4-5-17-34-22-9-7-21(8-10-22)26(31)30(14-6-13-29-15-18-33-19-16-29)27-28-24-12-11-23(32-2)20-25(24)35-27;/h7-12,20H,3-6,13-19H2,1-2H3;1H. The second-order valence-electron chi connectivity index (χ2n) is 8.67. The Morgan fingerprint density at radius 3 is 2.56 bits per heavy atom. The van der Waals surface area contributed by atoms with Crippen LogP contribution in [-0.4, -0.2) is 68.9 Å². The summed E-state index contributed by atoms with van der Waals surface area (Å²) in [6.07, 6.45) is 4.22. The number of hydrogen-bond acceptors (Lipinski definition) is 7. The average molecular weight is 534 g/mol. The summed E-state index contributed by atoms with van der Waals surface area (Å²) in [7, 11) is 1.65. The zero-order valence-corrected chi connectivity index (χ0v) is 22.7. The monoisotopic (exact) mass is 533 g/mol. The number of carbonyl (C=O) groups excluding carboxylic acids is 1. The van der Waals surface area contributed by atoms with E-state index < -0.39 is 0 Å². The lowest BCUT2D eigenvalue weighted by Gasteiger charge is -2.27. The molecule has 0 unspecified atom stereocenters. The predicted octanol–water partition coefficient (Wildman–Crippen LogP) is 5.66. The molecule has 1 fully saturated rings. The third-order valence-electron chi connectivity index (χ3n) is 6.14. The van der Waals surface area contributed by atoms with Crippen LogP contribution in [0.4, 0.5) is 5.13 Å². The van der Waals surface area contributed by atoms with E-state index in [1.165, 1.54) is 11.3 Å². The molecule has 2 aromatic carbocycles. The van der Waals surface area contributed by atoms with Crippen LogP contribution < -0.4 is 14.4 Å². The Hall–Kier alpha value is -2.39. The minimum Gasteiger partial charge on any atom is -0.497 e. The fraction of sp³-hybridized carbons (Fsp3) is 0.481. The van der Waals surface area contributed by atoms with Gasteiger partial charge in [-0.2, -0.15) is 0 Å². The first-order valence-corrected chi connectivity index (χ1v) is 13.3. The van der Waals surface area contributed by atoms with Gasteiger partial charge in [0.25, 0.3) is 5.91 Å². The third kappa shape index (κ3) is 7.56. The molecule has 196 valence electrons. The highest BCUT2D eigenvalue weighted by Gasteiger charge is 2.22. The Bertz CT molecular complexity index is 1090. The molecular formula is C27H36ClN3O4S.